The highest BCUT2D eigenvalue weighted by Gasteiger charge is 2.10. The average molecular weight is 281 g/mol. The van der Waals surface area contributed by atoms with Gasteiger partial charge in [0.15, 0.2) is 0 Å². The molecule has 0 radical (unpaired) electrons. The molecule has 0 saturated heterocycles. The van der Waals surface area contributed by atoms with Crippen LogP contribution in [-0.2, 0) is 0 Å². The molecule has 0 aliphatic heterocycles. The number of halogens is 1. The molecule has 3 heterocycles. The monoisotopic (exact) mass is 280 g/mol. The van der Waals surface area contributed by atoms with Gasteiger partial charge >= 0.3 is 0 Å². The van der Waals surface area contributed by atoms with Crippen molar-refractivity contribution < 1.29 is 0 Å². The van der Waals surface area contributed by atoms with E-state index in [1.807, 2.05) is 6.07 Å². The summed E-state index contributed by atoms with van der Waals surface area (Å²) >= 11 is 4.90. The first-order valence-corrected chi connectivity index (χ1v) is 5.81. The normalized spacial score (nSPS) is 11.3. The molecule has 0 unspecified atom stereocenters. The summed E-state index contributed by atoms with van der Waals surface area (Å²) in [6, 6.07) is 1.99. The molecule has 0 aromatic carbocycles. The maximum absolute atomic E-state index is 5.78. The maximum atomic E-state index is 5.78. The number of hydrogen-bond donors (Lipinski definition) is 1. The predicted octanol–water partition coefficient (Wildman–Crippen LogP) is 2.58. The molecule has 0 saturated carbocycles. The van der Waals surface area contributed by atoms with E-state index in [0.717, 1.165) is 24.9 Å². The van der Waals surface area contributed by atoms with E-state index in [2.05, 4.69) is 30.9 Å². The number of aromatic nitrogens is 3. The van der Waals surface area contributed by atoms with Crippen LogP contribution in [0.2, 0.25) is 0 Å². The van der Waals surface area contributed by atoms with Gasteiger partial charge in [0.25, 0.3) is 0 Å². The summed E-state index contributed by atoms with van der Waals surface area (Å²) in [6.45, 7) is 0. The van der Waals surface area contributed by atoms with Crippen LogP contribution >= 0.6 is 27.3 Å². The molecule has 6 heteroatoms. The van der Waals surface area contributed by atoms with Crippen LogP contribution in [0.5, 0.6) is 0 Å². The van der Waals surface area contributed by atoms with Crippen molar-refractivity contribution >= 4 is 53.5 Å². The van der Waals surface area contributed by atoms with E-state index in [4.69, 9.17) is 5.73 Å². The molecule has 0 fully saturated rings. The lowest BCUT2D eigenvalue weighted by Gasteiger charge is -1.92. The molecule has 15 heavy (non-hydrogen) atoms. The van der Waals surface area contributed by atoms with E-state index < -0.39 is 0 Å². The van der Waals surface area contributed by atoms with Crippen LogP contribution in [0.25, 0.3) is 20.4 Å². The van der Waals surface area contributed by atoms with E-state index >= 15 is 0 Å². The van der Waals surface area contributed by atoms with Gasteiger partial charge in [-0.3, -0.25) is 0 Å². The van der Waals surface area contributed by atoms with Crippen LogP contribution in [0.15, 0.2) is 23.1 Å². The number of nitrogens with zero attached hydrogens (tertiary/aromatic N) is 3. The van der Waals surface area contributed by atoms with Gasteiger partial charge in [-0.2, -0.15) is 0 Å². The molecular formula is C9H5BrN4S. The molecule has 3 aromatic heterocycles. The first-order chi connectivity index (χ1) is 7.25. The summed E-state index contributed by atoms with van der Waals surface area (Å²) in [6.07, 6.45) is 3.24. The zero-order valence-electron chi connectivity index (χ0n) is 7.44. The van der Waals surface area contributed by atoms with Crippen molar-refractivity contribution in [2.75, 3.05) is 5.73 Å². The lowest BCUT2D eigenvalue weighted by Crippen LogP contribution is -1.89. The minimum Gasteiger partial charge on any atom is -0.382 e. The Morgan fingerprint density at radius 3 is 3.00 bits per heavy atom. The number of hydrogen-bond acceptors (Lipinski definition) is 5. The Labute approximate surface area is 97.3 Å². The zero-order valence-corrected chi connectivity index (χ0v) is 9.84. The molecule has 2 N–H and O–H groups in total. The number of anilines is 1. The van der Waals surface area contributed by atoms with Crippen molar-refractivity contribution in [3.05, 3.63) is 23.1 Å². The second-order valence-corrected chi connectivity index (χ2v) is 4.96. The fraction of sp³-hybridized carbons (Fsp3) is 0. The Morgan fingerprint density at radius 2 is 2.13 bits per heavy atom. The molecule has 0 aliphatic carbocycles. The second kappa shape index (κ2) is 3.11. The Morgan fingerprint density at radius 1 is 1.27 bits per heavy atom. The van der Waals surface area contributed by atoms with Crippen LogP contribution in [0.1, 0.15) is 0 Å². The number of fused-ring (bicyclic) bond motifs is 3. The van der Waals surface area contributed by atoms with Gasteiger partial charge in [0.05, 0.1) is 10.2 Å². The van der Waals surface area contributed by atoms with Crippen LogP contribution in [0.4, 0.5) is 5.82 Å². The number of nitrogen functional groups attached to an aromatic ring is 1. The molecule has 0 atom stereocenters. The van der Waals surface area contributed by atoms with E-state index in [1.54, 1.807) is 6.20 Å². The quantitative estimate of drug-likeness (QED) is 0.687. The minimum absolute atomic E-state index is 0.513. The fourth-order valence-corrected chi connectivity index (χ4v) is 2.77. The first-order valence-electron chi connectivity index (χ1n) is 4.20. The van der Waals surface area contributed by atoms with Crippen LogP contribution in [0, 0.1) is 0 Å². The maximum Gasteiger partial charge on any atom is 0.144 e. The molecule has 4 nitrogen and oxygen atoms in total. The molecule has 3 aromatic rings. The summed E-state index contributed by atoms with van der Waals surface area (Å²) in [5.41, 5.74) is 6.65. The van der Waals surface area contributed by atoms with Crippen molar-refractivity contribution in [3.8, 4) is 0 Å². The molecule has 0 amide bonds. The third kappa shape index (κ3) is 1.29. The summed E-state index contributed by atoms with van der Waals surface area (Å²) in [7, 11) is 0. The van der Waals surface area contributed by atoms with Gasteiger partial charge in [-0.25, -0.2) is 15.0 Å². The highest BCUT2D eigenvalue weighted by Crippen LogP contribution is 2.34. The second-order valence-electron chi connectivity index (χ2n) is 3.04. The number of nitrogens with two attached hydrogens (primary N) is 1. The van der Waals surface area contributed by atoms with Gasteiger partial charge < -0.3 is 5.73 Å². The molecule has 0 aliphatic rings. The van der Waals surface area contributed by atoms with Gasteiger partial charge in [0, 0.05) is 16.1 Å². The number of rotatable bonds is 0. The Balaban J connectivity index is 2.58. The molecule has 74 valence electrons. The summed E-state index contributed by atoms with van der Waals surface area (Å²) < 4.78 is 1.84. The van der Waals surface area contributed by atoms with Crippen LogP contribution < -0.4 is 5.73 Å². The smallest absolute Gasteiger partial charge is 0.144 e. The van der Waals surface area contributed by atoms with Crippen molar-refractivity contribution in [2.45, 2.75) is 0 Å². The molecular weight excluding hydrogens is 276 g/mol. The van der Waals surface area contributed by atoms with Gasteiger partial charge in [-0.15, -0.1) is 11.3 Å². The van der Waals surface area contributed by atoms with Gasteiger partial charge in [-0.1, -0.05) is 0 Å². The predicted molar refractivity (Wildman–Crippen MR) is 64.8 cm³/mol. The Kier molecular flexibility index (Phi) is 1.86. The highest BCUT2D eigenvalue weighted by molar-refractivity contribution is 9.10. The summed E-state index contributed by atoms with van der Waals surface area (Å²) in [5.74, 6) is 0.513. The fourth-order valence-electron chi connectivity index (χ4n) is 1.45. The van der Waals surface area contributed by atoms with Crippen LogP contribution in [-0.4, -0.2) is 15.0 Å². The van der Waals surface area contributed by atoms with E-state index in [-0.39, 0.29) is 0 Å². The number of pyridine rings is 1. The average Bonchev–Trinajstić information content (AvgIpc) is 2.58. The molecule has 0 bridgehead atoms. The Bertz CT molecular complexity index is 664. The standard InChI is InChI=1S/C9H5BrN4S/c10-4-1-5-6-7(8(11)14-3-13-6)15-9(5)12-2-4/h1-3H,(H2,11,13,14). The highest BCUT2D eigenvalue weighted by atomic mass is 79.9. The topological polar surface area (TPSA) is 64.7 Å². The van der Waals surface area contributed by atoms with Gasteiger partial charge in [0.2, 0.25) is 0 Å². The third-order valence-corrected chi connectivity index (χ3v) is 3.66. The van der Waals surface area contributed by atoms with E-state index in [9.17, 15) is 0 Å². The minimum atomic E-state index is 0.513. The van der Waals surface area contributed by atoms with E-state index in [1.165, 1.54) is 17.7 Å². The van der Waals surface area contributed by atoms with Crippen LogP contribution in [0.3, 0.4) is 0 Å². The SMILES string of the molecule is Nc1ncnc2c1sc1ncc(Br)cc12. The lowest BCUT2D eigenvalue weighted by molar-refractivity contribution is 1.24. The van der Waals surface area contributed by atoms with Gasteiger partial charge in [0.1, 0.15) is 17.0 Å². The van der Waals surface area contributed by atoms with Crippen molar-refractivity contribution in [1.29, 1.82) is 0 Å². The summed E-state index contributed by atoms with van der Waals surface area (Å²) in [4.78, 5) is 13.4. The summed E-state index contributed by atoms with van der Waals surface area (Å²) in [5, 5.41) is 1.01. The zero-order chi connectivity index (χ0) is 10.4. The van der Waals surface area contributed by atoms with Crippen molar-refractivity contribution in [2.24, 2.45) is 0 Å². The molecule has 0 spiro atoms. The van der Waals surface area contributed by atoms with Crippen molar-refractivity contribution in [3.63, 3.8) is 0 Å². The largest absolute Gasteiger partial charge is 0.382 e. The van der Waals surface area contributed by atoms with Gasteiger partial charge in [-0.05, 0) is 22.0 Å². The number of thiophene rings is 1. The van der Waals surface area contributed by atoms with Crippen molar-refractivity contribution in [1.82, 2.24) is 15.0 Å². The van der Waals surface area contributed by atoms with E-state index in [0.29, 0.717) is 5.82 Å². The third-order valence-electron chi connectivity index (χ3n) is 2.10. The lowest BCUT2D eigenvalue weighted by atomic mass is 10.3. The first kappa shape index (κ1) is 8.99. The Hall–Kier alpha value is -1.27. The molecule has 3 rings (SSSR count).